The lowest BCUT2D eigenvalue weighted by Crippen LogP contribution is -2.24. The van der Waals surface area contributed by atoms with Gasteiger partial charge < -0.3 is 19.3 Å². The molecule has 0 saturated carbocycles. The van der Waals surface area contributed by atoms with Gasteiger partial charge in [-0.25, -0.2) is 0 Å². The Morgan fingerprint density at radius 3 is 2.00 bits per heavy atom. The van der Waals surface area contributed by atoms with Crippen LogP contribution in [-0.2, 0) is 4.74 Å². The molecule has 5 nitrogen and oxygen atoms in total. The van der Waals surface area contributed by atoms with E-state index in [4.69, 9.17) is 14.2 Å². The maximum Gasteiger partial charge on any atom is 0.169 e. The van der Waals surface area contributed by atoms with E-state index in [9.17, 15) is 10.4 Å². The van der Waals surface area contributed by atoms with Crippen LogP contribution in [0.5, 0.6) is 11.5 Å². The van der Waals surface area contributed by atoms with Crippen LogP contribution in [0.3, 0.4) is 0 Å². The van der Waals surface area contributed by atoms with Crippen LogP contribution >= 0.6 is 0 Å². The zero-order chi connectivity index (χ0) is 14.4. The van der Waals surface area contributed by atoms with Gasteiger partial charge in [0.15, 0.2) is 6.10 Å². The third-order valence-corrected chi connectivity index (χ3v) is 2.82. The third-order valence-electron chi connectivity index (χ3n) is 2.82. The first kappa shape index (κ1) is 15.3. The van der Waals surface area contributed by atoms with Crippen molar-refractivity contribution in [2.75, 3.05) is 14.2 Å². The Morgan fingerprint density at radius 2 is 1.63 bits per heavy atom. The lowest BCUT2D eigenvalue weighted by Gasteiger charge is -2.20. The van der Waals surface area contributed by atoms with Gasteiger partial charge in [0.1, 0.15) is 11.5 Å². The summed E-state index contributed by atoms with van der Waals surface area (Å²) in [7, 11) is 3.08. The highest BCUT2D eigenvalue weighted by atomic mass is 16.5. The normalized spacial score (nSPS) is 15.2. The van der Waals surface area contributed by atoms with Crippen LogP contribution in [-0.4, -0.2) is 31.5 Å². The van der Waals surface area contributed by atoms with E-state index in [2.05, 4.69) is 6.07 Å². The molecule has 1 aromatic carbocycles. The van der Waals surface area contributed by atoms with Crippen LogP contribution in [0.25, 0.3) is 0 Å². The summed E-state index contributed by atoms with van der Waals surface area (Å²) < 4.78 is 15.8. The molecule has 0 bridgehead atoms. The van der Waals surface area contributed by atoms with E-state index >= 15 is 0 Å². The van der Waals surface area contributed by atoms with Crippen molar-refractivity contribution in [2.24, 2.45) is 0 Å². The highest BCUT2D eigenvalue weighted by molar-refractivity contribution is 5.40. The van der Waals surface area contributed by atoms with Crippen LogP contribution in [0.1, 0.15) is 25.5 Å². The van der Waals surface area contributed by atoms with Gasteiger partial charge >= 0.3 is 0 Å². The molecular weight excluding hydrogens is 246 g/mol. The monoisotopic (exact) mass is 265 g/mol. The Morgan fingerprint density at radius 1 is 1.11 bits per heavy atom. The summed E-state index contributed by atoms with van der Waals surface area (Å²) in [4.78, 5) is 0. The lowest BCUT2D eigenvalue weighted by molar-refractivity contribution is -0.0426. The summed E-state index contributed by atoms with van der Waals surface area (Å²) in [6, 6.07) is 7.21. The van der Waals surface area contributed by atoms with E-state index in [1.807, 2.05) is 0 Å². The fraction of sp³-hybridized carbons (Fsp3) is 0.500. The second-order valence-corrected chi connectivity index (χ2v) is 4.24. The summed E-state index contributed by atoms with van der Waals surface area (Å²) in [6.45, 7) is 3.33. The van der Waals surface area contributed by atoms with E-state index in [1.54, 1.807) is 46.3 Å². The van der Waals surface area contributed by atoms with Gasteiger partial charge in [0.2, 0.25) is 0 Å². The Balaban J connectivity index is 3.01. The van der Waals surface area contributed by atoms with Gasteiger partial charge in [-0.05, 0) is 26.0 Å². The summed E-state index contributed by atoms with van der Waals surface area (Å²) in [6.07, 6.45) is -1.88. The Bertz CT molecular complexity index is 431. The minimum atomic E-state index is -0.784. The zero-order valence-corrected chi connectivity index (χ0v) is 11.6. The van der Waals surface area contributed by atoms with Gasteiger partial charge in [0.05, 0.1) is 32.5 Å². The number of nitriles is 1. The van der Waals surface area contributed by atoms with E-state index in [0.29, 0.717) is 17.1 Å². The quantitative estimate of drug-likeness (QED) is 0.852. The van der Waals surface area contributed by atoms with E-state index in [0.717, 1.165) is 0 Å². The summed E-state index contributed by atoms with van der Waals surface area (Å²) in [5, 5.41) is 18.6. The molecule has 0 aliphatic carbocycles. The maximum absolute atomic E-state index is 9.43. The Kier molecular flexibility index (Phi) is 5.61. The molecule has 0 aliphatic rings. The molecule has 104 valence electrons. The molecule has 0 radical (unpaired) electrons. The highest BCUT2D eigenvalue weighted by Crippen LogP contribution is 2.28. The Labute approximate surface area is 113 Å². The second-order valence-electron chi connectivity index (χ2n) is 4.24. The van der Waals surface area contributed by atoms with Crippen molar-refractivity contribution >= 4 is 0 Å². The summed E-state index contributed by atoms with van der Waals surface area (Å²) in [5.74, 6) is 1.17. The molecule has 0 aliphatic heterocycles. The Hall–Kier alpha value is -1.77. The van der Waals surface area contributed by atoms with Crippen molar-refractivity contribution in [2.45, 2.75) is 32.2 Å². The molecule has 0 fully saturated rings. The minimum Gasteiger partial charge on any atom is -0.497 e. The number of ether oxygens (including phenoxy) is 3. The van der Waals surface area contributed by atoms with Gasteiger partial charge in [0, 0.05) is 11.6 Å². The predicted octanol–water partition coefficient (Wildman–Crippen LogP) is 2.05. The molecule has 3 atom stereocenters. The molecule has 5 heteroatoms. The molecule has 0 spiro atoms. The van der Waals surface area contributed by atoms with Crippen LogP contribution in [0.2, 0.25) is 0 Å². The van der Waals surface area contributed by atoms with Crippen LogP contribution < -0.4 is 9.47 Å². The average molecular weight is 265 g/mol. The summed E-state index contributed by atoms with van der Waals surface area (Å²) in [5.41, 5.74) is 0.631. The van der Waals surface area contributed by atoms with Crippen molar-refractivity contribution in [3.05, 3.63) is 23.8 Å². The molecular formula is C14H19NO4. The average Bonchev–Trinajstić information content (AvgIpc) is 2.43. The molecule has 19 heavy (non-hydrogen) atoms. The van der Waals surface area contributed by atoms with Crippen LogP contribution in [0.15, 0.2) is 18.2 Å². The van der Waals surface area contributed by atoms with Crippen molar-refractivity contribution in [1.29, 1.82) is 5.26 Å². The smallest absolute Gasteiger partial charge is 0.169 e. The fourth-order valence-corrected chi connectivity index (χ4v) is 1.49. The lowest BCUT2D eigenvalue weighted by atomic mass is 10.1. The maximum atomic E-state index is 9.43. The number of hydrogen-bond donors (Lipinski definition) is 1. The first-order chi connectivity index (χ1) is 9.01. The van der Waals surface area contributed by atoms with Gasteiger partial charge in [-0.1, -0.05) is 0 Å². The number of rotatable bonds is 6. The zero-order valence-electron chi connectivity index (χ0n) is 11.6. The third kappa shape index (κ3) is 4.12. The minimum absolute atomic E-state index is 0.443. The van der Waals surface area contributed by atoms with Gasteiger partial charge in [0.25, 0.3) is 0 Å². The van der Waals surface area contributed by atoms with Crippen molar-refractivity contribution < 1.29 is 19.3 Å². The van der Waals surface area contributed by atoms with Gasteiger partial charge in [-0.3, -0.25) is 0 Å². The molecule has 0 amide bonds. The largest absolute Gasteiger partial charge is 0.497 e. The number of nitrogens with zero attached hydrogens (tertiary/aromatic N) is 1. The van der Waals surface area contributed by atoms with E-state index < -0.39 is 18.3 Å². The molecule has 0 saturated heterocycles. The molecule has 1 rings (SSSR count). The SMILES string of the molecule is COc1cc(OC)cc(C(C#N)OC(C)C(C)O)c1. The molecule has 0 aromatic heterocycles. The molecule has 1 aromatic rings. The highest BCUT2D eigenvalue weighted by Gasteiger charge is 2.19. The molecule has 0 heterocycles. The number of benzene rings is 1. The first-order valence-electron chi connectivity index (χ1n) is 5.98. The second kappa shape index (κ2) is 6.98. The predicted molar refractivity (Wildman–Crippen MR) is 70.1 cm³/mol. The van der Waals surface area contributed by atoms with Crippen molar-refractivity contribution in [1.82, 2.24) is 0 Å². The van der Waals surface area contributed by atoms with Crippen LogP contribution in [0.4, 0.5) is 0 Å². The van der Waals surface area contributed by atoms with Crippen molar-refractivity contribution in [3.63, 3.8) is 0 Å². The van der Waals surface area contributed by atoms with Gasteiger partial charge in [-0.2, -0.15) is 5.26 Å². The van der Waals surface area contributed by atoms with Crippen molar-refractivity contribution in [3.8, 4) is 17.6 Å². The van der Waals surface area contributed by atoms with E-state index in [-0.39, 0.29) is 0 Å². The fourth-order valence-electron chi connectivity index (χ4n) is 1.49. The number of aliphatic hydroxyl groups excluding tert-OH is 1. The van der Waals surface area contributed by atoms with E-state index in [1.165, 1.54) is 0 Å². The van der Waals surface area contributed by atoms with Crippen LogP contribution in [0, 0.1) is 11.3 Å². The van der Waals surface area contributed by atoms with Gasteiger partial charge in [-0.15, -0.1) is 0 Å². The topological polar surface area (TPSA) is 71.7 Å². The molecule has 1 N–H and O–H groups in total. The number of methoxy groups -OCH3 is 2. The molecule has 3 unspecified atom stereocenters. The number of hydrogen-bond acceptors (Lipinski definition) is 5. The standard InChI is InChI=1S/C14H19NO4/c1-9(16)10(2)19-14(8-15)11-5-12(17-3)7-13(6-11)18-4/h5-7,9-10,14,16H,1-4H3. The summed E-state index contributed by atoms with van der Waals surface area (Å²) >= 11 is 0. The first-order valence-corrected chi connectivity index (χ1v) is 5.98. The number of aliphatic hydroxyl groups is 1.